The van der Waals surface area contributed by atoms with Crippen LogP contribution in [-0.4, -0.2) is 21.5 Å². The first-order valence-electron chi connectivity index (χ1n) is 10.5. The SMILES string of the molecule is Cc1nn(CCCc2ccccc2)c2c1C(=NN=C(N)N)CC(c1ccccc1Cl)C2.Cl. The first-order valence-corrected chi connectivity index (χ1v) is 10.9. The van der Waals surface area contributed by atoms with E-state index in [1.165, 1.54) is 11.3 Å². The van der Waals surface area contributed by atoms with E-state index in [-0.39, 0.29) is 24.3 Å². The first kappa shape index (κ1) is 23.8. The van der Waals surface area contributed by atoms with Crippen LogP contribution in [0, 0.1) is 6.92 Å². The lowest BCUT2D eigenvalue weighted by molar-refractivity contribution is 0.533. The van der Waals surface area contributed by atoms with Crippen molar-refractivity contribution in [2.24, 2.45) is 21.7 Å². The van der Waals surface area contributed by atoms with Gasteiger partial charge in [0.15, 0.2) is 0 Å². The van der Waals surface area contributed by atoms with E-state index in [0.717, 1.165) is 53.4 Å². The van der Waals surface area contributed by atoms with Crippen LogP contribution < -0.4 is 11.5 Å². The third-order valence-electron chi connectivity index (χ3n) is 5.71. The number of aromatic nitrogens is 2. The second-order valence-corrected chi connectivity index (χ2v) is 8.32. The summed E-state index contributed by atoms with van der Waals surface area (Å²) in [4.78, 5) is 0. The number of halogens is 2. The van der Waals surface area contributed by atoms with Gasteiger partial charge in [0, 0.05) is 22.8 Å². The maximum atomic E-state index is 6.53. The molecule has 1 aromatic heterocycles. The van der Waals surface area contributed by atoms with Gasteiger partial charge in [-0.2, -0.15) is 10.2 Å². The third-order valence-corrected chi connectivity index (χ3v) is 6.05. The van der Waals surface area contributed by atoms with E-state index in [0.29, 0.717) is 6.42 Å². The van der Waals surface area contributed by atoms with Crippen LogP contribution in [0.15, 0.2) is 64.8 Å². The lowest BCUT2D eigenvalue weighted by Crippen LogP contribution is -2.24. The predicted molar refractivity (Wildman–Crippen MR) is 134 cm³/mol. The standard InChI is InChI=1S/C24H27ClN6.ClH/c1-16-23-21(28-29-24(26)27)14-18(19-11-5-6-12-20(19)25)15-22(23)31(30-16)13-7-10-17-8-3-2-4-9-17;/h2-6,8-9,11-12,18H,7,10,13-15H2,1H3,(H4,26,27,29);1H. The van der Waals surface area contributed by atoms with Crippen molar-refractivity contribution in [3.63, 3.8) is 0 Å². The minimum atomic E-state index is -0.0539. The highest BCUT2D eigenvalue weighted by Crippen LogP contribution is 2.37. The van der Waals surface area contributed by atoms with Crippen molar-refractivity contribution in [1.29, 1.82) is 0 Å². The van der Waals surface area contributed by atoms with Gasteiger partial charge in [-0.1, -0.05) is 60.1 Å². The highest BCUT2D eigenvalue weighted by molar-refractivity contribution is 6.31. The van der Waals surface area contributed by atoms with E-state index in [4.69, 9.17) is 28.2 Å². The third kappa shape index (κ3) is 5.31. The first-order chi connectivity index (χ1) is 15.0. The molecule has 1 aliphatic rings. The van der Waals surface area contributed by atoms with Crippen molar-refractivity contribution in [1.82, 2.24) is 9.78 Å². The molecule has 2 aromatic carbocycles. The van der Waals surface area contributed by atoms with Crippen LogP contribution in [0.25, 0.3) is 0 Å². The Hall–Kier alpha value is -2.83. The van der Waals surface area contributed by atoms with Crippen LogP contribution in [0.4, 0.5) is 0 Å². The summed E-state index contributed by atoms with van der Waals surface area (Å²) in [6.07, 6.45) is 3.59. The molecule has 4 rings (SSSR count). The molecule has 0 fully saturated rings. The Kier molecular flexibility index (Phi) is 7.94. The molecular formula is C24H28Cl2N6. The fourth-order valence-corrected chi connectivity index (χ4v) is 4.64. The van der Waals surface area contributed by atoms with Crippen LogP contribution in [0.3, 0.4) is 0 Å². The Morgan fingerprint density at radius 1 is 1.09 bits per heavy atom. The number of hydrogen-bond donors (Lipinski definition) is 2. The average molecular weight is 471 g/mol. The van der Waals surface area contributed by atoms with E-state index >= 15 is 0 Å². The molecular weight excluding hydrogens is 443 g/mol. The number of hydrogen-bond acceptors (Lipinski definition) is 3. The summed E-state index contributed by atoms with van der Waals surface area (Å²) in [5, 5.41) is 13.9. The van der Waals surface area contributed by atoms with Crippen molar-refractivity contribution in [3.05, 3.63) is 87.7 Å². The minimum absolute atomic E-state index is 0. The monoisotopic (exact) mass is 470 g/mol. The zero-order chi connectivity index (χ0) is 21.8. The number of fused-ring (bicyclic) bond motifs is 1. The Morgan fingerprint density at radius 3 is 2.53 bits per heavy atom. The molecule has 1 heterocycles. The van der Waals surface area contributed by atoms with Crippen LogP contribution in [0.5, 0.6) is 0 Å². The molecule has 0 radical (unpaired) electrons. The maximum Gasteiger partial charge on any atom is 0.211 e. The number of nitrogens with zero attached hydrogens (tertiary/aromatic N) is 4. The summed E-state index contributed by atoms with van der Waals surface area (Å²) >= 11 is 6.53. The van der Waals surface area contributed by atoms with Crippen molar-refractivity contribution >= 4 is 35.7 Å². The van der Waals surface area contributed by atoms with Crippen molar-refractivity contribution in [3.8, 4) is 0 Å². The predicted octanol–water partition coefficient (Wildman–Crippen LogP) is 4.61. The lowest BCUT2D eigenvalue weighted by atomic mass is 9.81. The van der Waals surface area contributed by atoms with Crippen LogP contribution in [0.1, 0.15) is 46.8 Å². The van der Waals surface area contributed by atoms with Crippen LogP contribution >= 0.6 is 24.0 Å². The second-order valence-electron chi connectivity index (χ2n) is 7.92. The number of guanidine groups is 1. The number of rotatable bonds is 6. The quantitative estimate of drug-likeness (QED) is 0.312. The van der Waals surface area contributed by atoms with Gasteiger partial charge in [-0.15, -0.1) is 17.5 Å². The fraction of sp³-hybridized carbons (Fsp3) is 0.292. The zero-order valence-corrected chi connectivity index (χ0v) is 19.6. The van der Waals surface area contributed by atoms with E-state index in [1.807, 2.05) is 31.2 Å². The Morgan fingerprint density at radius 2 is 1.81 bits per heavy atom. The van der Waals surface area contributed by atoms with Crippen molar-refractivity contribution in [2.75, 3.05) is 0 Å². The second kappa shape index (κ2) is 10.7. The number of aryl methyl sites for hydroxylation is 3. The molecule has 0 bridgehead atoms. The Labute approximate surface area is 199 Å². The molecule has 0 aliphatic heterocycles. The van der Waals surface area contributed by atoms with Crippen molar-refractivity contribution in [2.45, 2.75) is 45.1 Å². The molecule has 0 spiro atoms. The Bertz CT molecular complexity index is 1120. The molecule has 0 saturated carbocycles. The van der Waals surface area contributed by atoms with E-state index in [1.54, 1.807) is 0 Å². The topological polar surface area (TPSA) is 94.6 Å². The molecule has 8 heteroatoms. The summed E-state index contributed by atoms with van der Waals surface area (Å²) in [7, 11) is 0. The molecule has 0 amide bonds. The number of nitrogens with two attached hydrogens (primary N) is 2. The van der Waals surface area contributed by atoms with Gasteiger partial charge in [0.2, 0.25) is 5.96 Å². The lowest BCUT2D eigenvalue weighted by Gasteiger charge is -2.25. The van der Waals surface area contributed by atoms with Gasteiger partial charge in [-0.25, -0.2) is 0 Å². The Balaban J connectivity index is 0.00000289. The molecule has 1 aliphatic carbocycles. The van der Waals surface area contributed by atoms with E-state index < -0.39 is 0 Å². The van der Waals surface area contributed by atoms with Gasteiger partial charge in [0.25, 0.3) is 0 Å². The normalized spacial score (nSPS) is 16.3. The maximum absolute atomic E-state index is 6.53. The summed E-state index contributed by atoms with van der Waals surface area (Å²) in [6.45, 7) is 2.86. The largest absolute Gasteiger partial charge is 0.369 e. The molecule has 0 saturated heterocycles. The summed E-state index contributed by atoms with van der Waals surface area (Å²) in [5.41, 5.74) is 17.6. The molecule has 32 heavy (non-hydrogen) atoms. The fourth-order valence-electron chi connectivity index (χ4n) is 4.35. The van der Waals surface area contributed by atoms with Crippen LogP contribution in [0.2, 0.25) is 5.02 Å². The molecule has 4 N–H and O–H groups in total. The summed E-state index contributed by atoms with van der Waals surface area (Å²) in [5.74, 6) is 0.139. The van der Waals surface area contributed by atoms with Gasteiger partial charge in [0.05, 0.1) is 11.4 Å². The smallest absolute Gasteiger partial charge is 0.211 e. The minimum Gasteiger partial charge on any atom is -0.369 e. The summed E-state index contributed by atoms with van der Waals surface area (Å²) < 4.78 is 2.13. The highest BCUT2D eigenvalue weighted by atomic mass is 35.5. The van der Waals surface area contributed by atoms with Gasteiger partial charge in [0.1, 0.15) is 0 Å². The van der Waals surface area contributed by atoms with E-state index in [9.17, 15) is 0 Å². The summed E-state index contributed by atoms with van der Waals surface area (Å²) in [6, 6.07) is 18.5. The average Bonchev–Trinajstić information content (AvgIpc) is 3.08. The zero-order valence-electron chi connectivity index (χ0n) is 18.0. The molecule has 1 atom stereocenters. The molecule has 6 nitrogen and oxygen atoms in total. The number of benzene rings is 2. The molecule has 3 aromatic rings. The van der Waals surface area contributed by atoms with Crippen molar-refractivity contribution < 1.29 is 0 Å². The molecule has 1 unspecified atom stereocenters. The van der Waals surface area contributed by atoms with Gasteiger partial charge in [-0.05, 0) is 55.7 Å². The van der Waals surface area contributed by atoms with Gasteiger partial charge in [-0.3, -0.25) is 4.68 Å². The van der Waals surface area contributed by atoms with Gasteiger partial charge < -0.3 is 11.5 Å². The van der Waals surface area contributed by atoms with E-state index in [2.05, 4.69) is 45.2 Å². The van der Waals surface area contributed by atoms with Gasteiger partial charge >= 0.3 is 0 Å². The highest BCUT2D eigenvalue weighted by Gasteiger charge is 2.31. The van der Waals surface area contributed by atoms with Crippen LogP contribution in [-0.2, 0) is 19.4 Å². The molecule has 168 valence electrons.